The first-order valence-electron chi connectivity index (χ1n) is 9.48. The highest BCUT2D eigenvalue weighted by atomic mass is 32.1. The molecular formula is C21H31N5OS. The van der Waals surface area contributed by atoms with E-state index >= 15 is 0 Å². The van der Waals surface area contributed by atoms with Crippen molar-refractivity contribution in [1.82, 2.24) is 20.5 Å². The molecule has 0 aliphatic carbocycles. The molecule has 0 aliphatic rings. The van der Waals surface area contributed by atoms with E-state index < -0.39 is 0 Å². The maximum Gasteiger partial charge on any atom is 0.253 e. The number of carbonyl (C=O) groups excluding carboxylic acids is 1. The van der Waals surface area contributed by atoms with Crippen molar-refractivity contribution in [2.75, 3.05) is 20.6 Å². The Morgan fingerprint density at radius 2 is 1.86 bits per heavy atom. The second-order valence-electron chi connectivity index (χ2n) is 7.82. The second-order valence-corrected chi connectivity index (χ2v) is 8.76. The first kappa shape index (κ1) is 21.9. The zero-order chi connectivity index (χ0) is 20.7. The van der Waals surface area contributed by atoms with Gasteiger partial charge in [0.15, 0.2) is 5.96 Å². The van der Waals surface area contributed by atoms with E-state index in [9.17, 15) is 4.79 Å². The number of hydrogen-bond acceptors (Lipinski definition) is 4. The summed E-state index contributed by atoms with van der Waals surface area (Å²) in [6.45, 7) is 10.5. The molecule has 0 atom stereocenters. The van der Waals surface area contributed by atoms with Gasteiger partial charge in [0.1, 0.15) is 5.01 Å². The summed E-state index contributed by atoms with van der Waals surface area (Å²) in [6, 6.07) is 7.58. The molecule has 0 fully saturated rings. The van der Waals surface area contributed by atoms with Crippen LogP contribution >= 0.6 is 11.3 Å². The van der Waals surface area contributed by atoms with Crippen molar-refractivity contribution in [3.8, 4) is 0 Å². The van der Waals surface area contributed by atoms with E-state index in [0.29, 0.717) is 18.7 Å². The van der Waals surface area contributed by atoms with Crippen molar-refractivity contribution in [2.24, 2.45) is 4.99 Å². The number of nitrogens with zero attached hydrogens (tertiary/aromatic N) is 3. The molecule has 2 aromatic rings. The van der Waals surface area contributed by atoms with E-state index in [1.54, 1.807) is 30.3 Å². The van der Waals surface area contributed by atoms with E-state index in [1.807, 2.05) is 31.2 Å². The molecule has 0 unspecified atom stereocenters. The van der Waals surface area contributed by atoms with Crippen molar-refractivity contribution in [2.45, 2.75) is 46.2 Å². The van der Waals surface area contributed by atoms with Gasteiger partial charge in [0.25, 0.3) is 5.91 Å². The van der Waals surface area contributed by atoms with Gasteiger partial charge in [-0.25, -0.2) is 9.98 Å². The minimum atomic E-state index is 0.00290. The van der Waals surface area contributed by atoms with Crippen molar-refractivity contribution < 1.29 is 4.79 Å². The maximum atomic E-state index is 12.0. The summed E-state index contributed by atoms with van der Waals surface area (Å²) >= 11 is 1.67. The lowest BCUT2D eigenvalue weighted by molar-refractivity contribution is 0.0827. The largest absolute Gasteiger partial charge is 0.357 e. The standard InChI is InChI=1S/C21H31N5OS/c1-7-22-20(24-13-18-25-17(14-28-18)21(2,3)4)23-12-15-8-10-16(11-9-15)19(27)26(5)6/h8-11,14H,7,12-13H2,1-6H3,(H2,22,23,24). The summed E-state index contributed by atoms with van der Waals surface area (Å²) in [7, 11) is 3.50. The van der Waals surface area contributed by atoms with Crippen LogP contribution in [0.1, 0.15) is 54.3 Å². The number of rotatable bonds is 6. The Labute approximate surface area is 172 Å². The molecule has 1 amide bonds. The van der Waals surface area contributed by atoms with Gasteiger partial charge in [0.05, 0.1) is 18.8 Å². The Balaban J connectivity index is 1.98. The zero-order valence-corrected chi connectivity index (χ0v) is 18.5. The Kier molecular flexibility index (Phi) is 7.57. The summed E-state index contributed by atoms with van der Waals surface area (Å²) < 4.78 is 0. The fraction of sp³-hybridized carbons (Fsp3) is 0.476. The second kappa shape index (κ2) is 9.68. The van der Waals surface area contributed by atoms with Crippen LogP contribution in [0.2, 0.25) is 0 Å². The van der Waals surface area contributed by atoms with Crippen LogP contribution in [0.25, 0.3) is 0 Å². The van der Waals surface area contributed by atoms with Gasteiger partial charge in [-0.3, -0.25) is 4.79 Å². The summed E-state index contributed by atoms with van der Waals surface area (Å²) in [5.74, 6) is 0.756. The minimum absolute atomic E-state index is 0.00290. The molecule has 0 radical (unpaired) electrons. The fourth-order valence-corrected chi connectivity index (χ4v) is 3.38. The van der Waals surface area contributed by atoms with E-state index in [-0.39, 0.29) is 11.3 Å². The monoisotopic (exact) mass is 401 g/mol. The van der Waals surface area contributed by atoms with Crippen molar-refractivity contribution in [3.05, 3.63) is 51.5 Å². The predicted molar refractivity (Wildman–Crippen MR) is 117 cm³/mol. The number of amides is 1. The van der Waals surface area contributed by atoms with Gasteiger partial charge in [0.2, 0.25) is 0 Å². The molecule has 0 saturated heterocycles. The lowest BCUT2D eigenvalue weighted by Gasteiger charge is -2.14. The van der Waals surface area contributed by atoms with E-state index in [0.717, 1.165) is 28.8 Å². The number of benzene rings is 1. The summed E-state index contributed by atoms with van der Waals surface area (Å²) in [5.41, 5.74) is 2.91. The van der Waals surface area contributed by atoms with Crippen LogP contribution in [0.3, 0.4) is 0 Å². The van der Waals surface area contributed by atoms with E-state index in [2.05, 4.69) is 41.8 Å². The normalized spacial score (nSPS) is 12.0. The molecule has 2 N–H and O–H groups in total. The Bertz CT molecular complexity index is 803. The highest BCUT2D eigenvalue weighted by Gasteiger charge is 2.17. The van der Waals surface area contributed by atoms with E-state index in [4.69, 9.17) is 4.98 Å². The SMILES string of the molecule is CCNC(=NCc1ccc(C(=O)N(C)C)cc1)NCc1nc(C(C)(C)C)cs1. The summed E-state index contributed by atoms with van der Waals surface area (Å²) in [5, 5.41) is 9.77. The molecule has 28 heavy (non-hydrogen) atoms. The van der Waals surface area contributed by atoms with Gasteiger partial charge < -0.3 is 15.5 Å². The number of guanidine groups is 1. The van der Waals surface area contributed by atoms with Gasteiger partial charge in [-0.1, -0.05) is 32.9 Å². The number of nitrogens with one attached hydrogen (secondary N) is 2. The predicted octanol–water partition coefficient (Wildman–Crippen LogP) is 3.40. The zero-order valence-electron chi connectivity index (χ0n) is 17.7. The van der Waals surface area contributed by atoms with Crippen LogP contribution in [0.5, 0.6) is 0 Å². The van der Waals surface area contributed by atoms with Crippen LogP contribution in [-0.4, -0.2) is 42.4 Å². The number of hydrogen-bond donors (Lipinski definition) is 2. The summed E-state index contributed by atoms with van der Waals surface area (Å²) in [4.78, 5) is 22.9. The topological polar surface area (TPSA) is 69.6 Å². The van der Waals surface area contributed by atoms with E-state index in [1.165, 1.54) is 0 Å². The average molecular weight is 402 g/mol. The summed E-state index contributed by atoms with van der Waals surface area (Å²) in [6.07, 6.45) is 0. The maximum absolute atomic E-state index is 12.0. The van der Waals surface area contributed by atoms with Gasteiger partial charge in [-0.2, -0.15) is 0 Å². The Hall–Kier alpha value is -2.41. The average Bonchev–Trinajstić information content (AvgIpc) is 3.13. The molecule has 0 saturated carbocycles. The number of aromatic nitrogens is 1. The molecule has 0 bridgehead atoms. The van der Waals surface area contributed by atoms with Crippen molar-refractivity contribution in [1.29, 1.82) is 0 Å². The van der Waals surface area contributed by atoms with Crippen LogP contribution in [0.15, 0.2) is 34.6 Å². The van der Waals surface area contributed by atoms with Crippen LogP contribution in [0, 0.1) is 0 Å². The molecule has 152 valence electrons. The molecule has 6 nitrogen and oxygen atoms in total. The Morgan fingerprint density at radius 3 is 2.39 bits per heavy atom. The molecule has 1 aromatic heterocycles. The molecule has 2 rings (SSSR count). The highest BCUT2D eigenvalue weighted by Crippen LogP contribution is 2.23. The molecular weight excluding hydrogens is 370 g/mol. The fourth-order valence-electron chi connectivity index (χ4n) is 2.42. The lowest BCUT2D eigenvalue weighted by atomic mass is 9.93. The van der Waals surface area contributed by atoms with Crippen LogP contribution < -0.4 is 10.6 Å². The van der Waals surface area contributed by atoms with Crippen molar-refractivity contribution >= 4 is 23.2 Å². The lowest BCUT2D eigenvalue weighted by Crippen LogP contribution is -2.36. The Morgan fingerprint density at radius 1 is 1.18 bits per heavy atom. The third kappa shape index (κ3) is 6.34. The van der Waals surface area contributed by atoms with Gasteiger partial charge in [-0.05, 0) is 24.6 Å². The third-order valence-corrected chi connectivity index (χ3v) is 4.95. The van der Waals surface area contributed by atoms with Gasteiger partial charge >= 0.3 is 0 Å². The smallest absolute Gasteiger partial charge is 0.253 e. The molecule has 7 heteroatoms. The van der Waals surface area contributed by atoms with Gasteiger partial charge in [0, 0.05) is 37.0 Å². The first-order chi connectivity index (χ1) is 13.2. The molecule has 1 aromatic carbocycles. The quantitative estimate of drug-likeness (QED) is 0.575. The van der Waals surface area contributed by atoms with Crippen LogP contribution in [-0.2, 0) is 18.5 Å². The van der Waals surface area contributed by atoms with Crippen LogP contribution in [0.4, 0.5) is 0 Å². The molecule has 1 heterocycles. The number of carbonyl (C=O) groups is 1. The highest BCUT2D eigenvalue weighted by molar-refractivity contribution is 7.09. The van der Waals surface area contributed by atoms with Gasteiger partial charge in [-0.15, -0.1) is 11.3 Å². The van der Waals surface area contributed by atoms with Crippen molar-refractivity contribution in [3.63, 3.8) is 0 Å². The minimum Gasteiger partial charge on any atom is -0.357 e. The third-order valence-electron chi connectivity index (χ3n) is 4.10. The first-order valence-corrected chi connectivity index (χ1v) is 10.4. The molecule has 0 aliphatic heterocycles. The number of thiazole rings is 1. The number of aliphatic imine (C=N–C) groups is 1. The molecule has 0 spiro atoms.